The standard InChI is InChI=1S/C10H11N3OS.ClH/c11-6-8-2-1-4-13-10(8)15(14)9-3-5-12-7-9;/h1-2,4,9,12H,3,5,7H2;1H/t9-,15+;/m0./s1. The van der Waals surface area contributed by atoms with Gasteiger partial charge in [0.25, 0.3) is 0 Å². The molecule has 1 aromatic rings. The van der Waals surface area contributed by atoms with Gasteiger partial charge in [0.15, 0.2) is 0 Å². The second-order valence-corrected chi connectivity index (χ2v) is 5.03. The van der Waals surface area contributed by atoms with Crippen LogP contribution in [0.15, 0.2) is 23.4 Å². The molecule has 86 valence electrons. The number of rotatable bonds is 2. The first-order valence-electron chi connectivity index (χ1n) is 4.79. The van der Waals surface area contributed by atoms with E-state index < -0.39 is 10.8 Å². The highest BCUT2D eigenvalue weighted by atomic mass is 35.5. The van der Waals surface area contributed by atoms with Crippen LogP contribution in [-0.2, 0) is 10.8 Å². The van der Waals surface area contributed by atoms with Crippen molar-refractivity contribution in [2.45, 2.75) is 16.7 Å². The molecule has 0 aliphatic carbocycles. The second-order valence-electron chi connectivity index (χ2n) is 3.38. The number of hydrogen-bond acceptors (Lipinski definition) is 4. The van der Waals surface area contributed by atoms with Crippen LogP contribution in [0.4, 0.5) is 0 Å². The number of aromatic nitrogens is 1. The van der Waals surface area contributed by atoms with Crippen LogP contribution in [0.5, 0.6) is 0 Å². The molecule has 2 atom stereocenters. The Balaban J connectivity index is 0.00000128. The average Bonchev–Trinajstić information content (AvgIpc) is 2.81. The van der Waals surface area contributed by atoms with Crippen molar-refractivity contribution in [2.75, 3.05) is 13.1 Å². The van der Waals surface area contributed by atoms with Gasteiger partial charge < -0.3 is 5.32 Å². The number of halogens is 1. The highest BCUT2D eigenvalue weighted by molar-refractivity contribution is 7.85. The van der Waals surface area contributed by atoms with Crippen LogP contribution in [0.1, 0.15) is 12.0 Å². The fourth-order valence-electron chi connectivity index (χ4n) is 1.60. The van der Waals surface area contributed by atoms with Crippen molar-refractivity contribution < 1.29 is 4.21 Å². The molecule has 1 aliphatic heterocycles. The minimum Gasteiger partial charge on any atom is -0.315 e. The first-order valence-corrected chi connectivity index (χ1v) is 6.00. The maximum absolute atomic E-state index is 12.1. The maximum Gasteiger partial charge on any atom is 0.145 e. The quantitative estimate of drug-likeness (QED) is 0.853. The predicted octanol–water partition coefficient (Wildman–Crippen LogP) is 0.845. The summed E-state index contributed by atoms with van der Waals surface area (Å²) in [4.78, 5) is 4.04. The van der Waals surface area contributed by atoms with Gasteiger partial charge in [-0.1, -0.05) is 0 Å². The van der Waals surface area contributed by atoms with Gasteiger partial charge in [0.05, 0.1) is 21.6 Å². The van der Waals surface area contributed by atoms with Crippen LogP contribution in [0.2, 0.25) is 0 Å². The molecule has 2 rings (SSSR count). The zero-order valence-corrected chi connectivity index (χ0v) is 10.2. The Morgan fingerprint density at radius 1 is 1.62 bits per heavy atom. The van der Waals surface area contributed by atoms with E-state index in [9.17, 15) is 4.21 Å². The van der Waals surface area contributed by atoms with Gasteiger partial charge in [-0.25, -0.2) is 4.98 Å². The Kier molecular flexibility index (Phi) is 4.87. The Hall–Kier alpha value is -0.960. The van der Waals surface area contributed by atoms with Gasteiger partial charge >= 0.3 is 0 Å². The zero-order valence-electron chi connectivity index (χ0n) is 8.55. The molecule has 1 fully saturated rings. The van der Waals surface area contributed by atoms with Crippen molar-refractivity contribution in [2.24, 2.45) is 0 Å². The summed E-state index contributed by atoms with van der Waals surface area (Å²) in [6, 6.07) is 5.37. The molecular weight excluding hydrogens is 246 g/mol. The lowest BCUT2D eigenvalue weighted by atomic mass is 10.3. The molecule has 1 N–H and O–H groups in total. The lowest BCUT2D eigenvalue weighted by Crippen LogP contribution is -2.20. The van der Waals surface area contributed by atoms with E-state index in [1.807, 2.05) is 6.07 Å². The third-order valence-electron chi connectivity index (χ3n) is 2.40. The van der Waals surface area contributed by atoms with Crippen molar-refractivity contribution in [3.05, 3.63) is 23.9 Å². The molecule has 6 heteroatoms. The van der Waals surface area contributed by atoms with Crippen LogP contribution in [-0.4, -0.2) is 27.5 Å². The fraction of sp³-hybridized carbons (Fsp3) is 0.400. The highest BCUT2D eigenvalue weighted by Crippen LogP contribution is 2.16. The highest BCUT2D eigenvalue weighted by Gasteiger charge is 2.24. The molecule has 0 aromatic carbocycles. The molecule has 1 aliphatic rings. The Morgan fingerprint density at radius 3 is 3.06 bits per heavy atom. The van der Waals surface area contributed by atoms with Crippen molar-refractivity contribution >= 4 is 23.2 Å². The Morgan fingerprint density at radius 2 is 2.44 bits per heavy atom. The summed E-state index contributed by atoms with van der Waals surface area (Å²) in [5, 5.41) is 12.5. The first-order chi connectivity index (χ1) is 7.33. The third kappa shape index (κ3) is 2.59. The molecule has 1 saturated heterocycles. The van der Waals surface area contributed by atoms with E-state index in [0.717, 1.165) is 19.5 Å². The topological polar surface area (TPSA) is 65.8 Å². The van der Waals surface area contributed by atoms with Crippen LogP contribution in [0, 0.1) is 11.3 Å². The molecule has 0 radical (unpaired) electrons. The SMILES string of the molecule is Cl.N#Cc1cccnc1[S@](=O)[C@H]1CCNC1. The molecule has 0 spiro atoms. The number of nitrogens with one attached hydrogen (secondary N) is 1. The van der Waals surface area contributed by atoms with E-state index in [-0.39, 0.29) is 17.7 Å². The first kappa shape index (κ1) is 13.1. The van der Waals surface area contributed by atoms with Gasteiger partial charge in [0.2, 0.25) is 0 Å². The molecule has 4 nitrogen and oxygen atoms in total. The number of pyridine rings is 1. The minimum absolute atomic E-state index is 0. The monoisotopic (exact) mass is 257 g/mol. The molecule has 1 aromatic heterocycles. The summed E-state index contributed by atoms with van der Waals surface area (Å²) < 4.78 is 12.1. The van der Waals surface area contributed by atoms with Crippen molar-refractivity contribution in [3.8, 4) is 6.07 Å². The summed E-state index contributed by atoms with van der Waals surface area (Å²) in [6.07, 6.45) is 2.46. The zero-order chi connectivity index (χ0) is 10.7. The minimum atomic E-state index is -1.17. The number of nitriles is 1. The maximum atomic E-state index is 12.1. The van der Waals surface area contributed by atoms with E-state index in [1.165, 1.54) is 0 Å². The van der Waals surface area contributed by atoms with E-state index in [1.54, 1.807) is 18.3 Å². The fourth-order valence-corrected chi connectivity index (χ4v) is 3.02. The summed E-state index contributed by atoms with van der Waals surface area (Å²) in [5.74, 6) is 0. The van der Waals surface area contributed by atoms with E-state index >= 15 is 0 Å². The van der Waals surface area contributed by atoms with Crippen LogP contribution >= 0.6 is 12.4 Å². The van der Waals surface area contributed by atoms with Gasteiger partial charge in [0.1, 0.15) is 11.1 Å². The number of hydrogen-bond donors (Lipinski definition) is 1. The molecule has 0 saturated carbocycles. The third-order valence-corrected chi connectivity index (χ3v) is 4.11. The van der Waals surface area contributed by atoms with Gasteiger partial charge in [0, 0.05) is 12.7 Å². The van der Waals surface area contributed by atoms with Gasteiger partial charge in [-0.15, -0.1) is 12.4 Å². The Labute approximate surface area is 103 Å². The summed E-state index contributed by atoms with van der Waals surface area (Å²) >= 11 is 0. The van der Waals surface area contributed by atoms with Crippen LogP contribution < -0.4 is 5.32 Å². The van der Waals surface area contributed by atoms with Gasteiger partial charge in [-0.05, 0) is 25.1 Å². The smallest absolute Gasteiger partial charge is 0.145 e. The molecule has 16 heavy (non-hydrogen) atoms. The summed E-state index contributed by atoms with van der Waals surface area (Å²) in [6.45, 7) is 1.64. The largest absolute Gasteiger partial charge is 0.315 e. The van der Waals surface area contributed by atoms with Crippen molar-refractivity contribution in [1.29, 1.82) is 5.26 Å². The van der Waals surface area contributed by atoms with Crippen LogP contribution in [0.3, 0.4) is 0 Å². The Bertz CT molecular complexity index is 426. The molecule has 0 unspecified atom stereocenters. The molecule has 2 heterocycles. The summed E-state index contributed by atoms with van der Waals surface area (Å²) in [5.41, 5.74) is 0.419. The summed E-state index contributed by atoms with van der Waals surface area (Å²) in [7, 11) is -1.17. The number of nitrogens with zero attached hydrogens (tertiary/aromatic N) is 2. The van der Waals surface area contributed by atoms with E-state index in [2.05, 4.69) is 10.3 Å². The van der Waals surface area contributed by atoms with E-state index in [0.29, 0.717) is 10.6 Å². The average molecular weight is 258 g/mol. The van der Waals surface area contributed by atoms with Crippen molar-refractivity contribution in [1.82, 2.24) is 10.3 Å². The van der Waals surface area contributed by atoms with Gasteiger partial charge in [-0.3, -0.25) is 4.21 Å². The lowest BCUT2D eigenvalue weighted by Gasteiger charge is -2.08. The molecule has 0 bridgehead atoms. The lowest BCUT2D eigenvalue weighted by molar-refractivity contribution is 0.669. The molecule has 0 amide bonds. The van der Waals surface area contributed by atoms with Crippen LogP contribution in [0.25, 0.3) is 0 Å². The van der Waals surface area contributed by atoms with E-state index in [4.69, 9.17) is 5.26 Å². The predicted molar refractivity (Wildman–Crippen MR) is 63.9 cm³/mol. The normalized spacial score (nSPS) is 20.8. The van der Waals surface area contributed by atoms with Gasteiger partial charge in [-0.2, -0.15) is 5.26 Å². The molecular formula is C10H12ClN3OS. The second kappa shape index (κ2) is 5.94. The van der Waals surface area contributed by atoms with Crippen molar-refractivity contribution in [3.63, 3.8) is 0 Å².